The molecule has 2 saturated heterocycles. The topological polar surface area (TPSA) is 97.4 Å². The van der Waals surface area contributed by atoms with E-state index in [0.29, 0.717) is 11.3 Å². The van der Waals surface area contributed by atoms with Gasteiger partial charge in [0.1, 0.15) is 24.1 Å². The molecule has 2 fully saturated rings. The molecule has 2 aliphatic rings. The first-order valence-electron chi connectivity index (χ1n) is 10.9. The zero-order valence-electron chi connectivity index (χ0n) is 19.3. The van der Waals surface area contributed by atoms with Crippen molar-refractivity contribution in [3.63, 3.8) is 0 Å². The summed E-state index contributed by atoms with van der Waals surface area (Å²) in [6.07, 6.45) is -5.20. The summed E-state index contributed by atoms with van der Waals surface area (Å²) in [5.41, 5.74) is -5.11. The molecule has 6 atom stereocenters. The summed E-state index contributed by atoms with van der Waals surface area (Å²) in [5, 5.41) is -0.517. The van der Waals surface area contributed by atoms with Crippen molar-refractivity contribution in [2.24, 2.45) is 0 Å². The number of halogens is 3. The summed E-state index contributed by atoms with van der Waals surface area (Å²) in [6, 6.07) is 15.8. The summed E-state index contributed by atoms with van der Waals surface area (Å²) in [6.45, 7) is 1.16. The van der Waals surface area contributed by atoms with Crippen LogP contribution in [0.2, 0.25) is 0 Å². The Labute approximate surface area is 209 Å². The quantitative estimate of drug-likeness (QED) is 0.252. The molecule has 2 aromatic carbocycles. The number of carbonyl (C=O) groups excluding carboxylic acids is 1. The number of ether oxygens (including phenoxy) is 4. The Morgan fingerprint density at radius 1 is 1.08 bits per heavy atom. The van der Waals surface area contributed by atoms with Gasteiger partial charge in [0.25, 0.3) is 0 Å². The minimum Gasteiger partial charge on any atom is -0.497 e. The Morgan fingerprint density at radius 3 is 2.33 bits per heavy atom. The molecule has 0 aromatic heterocycles. The standard InChI is InChI=1S/C23H25F3O8S2/c1-14(27)32-18-13-35(17-6-4-3-5-7-17)19-12-31-22(15-8-10-16(30-2)11-9-15)33-21(19)20(18)34-36(28,29)23(24,25)26/h3-11,18-22,35H,12-13H2,1-2H3/t18-,19+,20+,21+,22?/m0/s1. The normalized spacial score (nSPS) is 29.7. The van der Waals surface area contributed by atoms with E-state index in [0.717, 1.165) is 11.8 Å². The average molecular weight is 551 g/mol. The van der Waals surface area contributed by atoms with Gasteiger partial charge >= 0.3 is 21.6 Å². The maximum Gasteiger partial charge on any atom is 0.523 e. The van der Waals surface area contributed by atoms with Crippen LogP contribution >= 0.6 is 10.9 Å². The molecule has 4 rings (SSSR count). The highest BCUT2D eigenvalue weighted by atomic mass is 32.2. The molecular weight excluding hydrogens is 525 g/mol. The Bertz CT molecular complexity index is 1160. The zero-order valence-corrected chi connectivity index (χ0v) is 21.0. The largest absolute Gasteiger partial charge is 0.523 e. The smallest absolute Gasteiger partial charge is 0.497 e. The fourth-order valence-electron chi connectivity index (χ4n) is 4.25. The molecule has 2 unspecified atom stereocenters. The molecule has 13 heteroatoms. The van der Waals surface area contributed by atoms with Crippen LogP contribution in [0.1, 0.15) is 18.8 Å². The number of esters is 1. The second-order valence-electron chi connectivity index (χ2n) is 8.20. The van der Waals surface area contributed by atoms with Gasteiger partial charge < -0.3 is 18.9 Å². The van der Waals surface area contributed by atoms with E-state index in [2.05, 4.69) is 0 Å². The van der Waals surface area contributed by atoms with Crippen LogP contribution in [0.15, 0.2) is 59.5 Å². The number of hydrogen-bond donors (Lipinski definition) is 1. The van der Waals surface area contributed by atoms with Crippen molar-refractivity contribution in [1.82, 2.24) is 0 Å². The second kappa shape index (κ2) is 10.6. The predicted molar refractivity (Wildman–Crippen MR) is 124 cm³/mol. The molecule has 8 nitrogen and oxygen atoms in total. The SMILES string of the molecule is COc1ccc(C2OC[C@@H]3[C@@H](O2)[C@H](OS(=O)(=O)C(F)(F)F)[C@@H](OC(C)=O)C[SH]3c2ccccc2)cc1. The van der Waals surface area contributed by atoms with Gasteiger partial charge in [-0.05, 0) is 17.0 Å². The fraction of sp³-hybridized carbons (Fsp3) is 0.435. The van der Waals surface area contributed by atoms with Gasteiger partial charge in [-0.3, -0.25) is 8.98 Å². The number of carbonyl (C=O) groups is 1. The number of fused-ring (bicyclic) bond motifs is 1. The zero-order chi connectivity index (χ0) is 26.1. The molecule has 198 valence electrons. The van der Waals surface area contributed by atoms with E-state index in [1.54, 1.807) is 24.3 Å². The van der Waals surface area contributed by atoms with Gasteiger partial charge in [-0.15, -0.1) is 0 Å². The van der Waals surface area contributed by atoms with Gasteiger partial charge in [0.2, 0.25) is 0 Å². The molecular formula is C23H25F3O8S2. The van der Waals surface area contributed by atoms with Crippen molar-refractivity contribution >= 4 is 27.0 Å². The Balaban J connectivity index is 1.73. The van der Waals surface area contributed by atoms with Crippen LogP contribution in [-0.2, 0) is 33.3 Å². The molecule has 36 heavy (non-hydrogen) atoms. The van der Waals surface area contributed by atoms with E-state index in [4.69, 9.17) is 23.1 Å². The molecule has 0 bridgehead atoms. The van der Waals surface area contributed by atoms with Crippen LogP contribution in [0.4, 0.5) is 13.2 Å². The highest BCUT2D eigenvalue weighted by Gasteiger charge is 2.56. The maximum absolute atomic E-state index is 13.3. The third-order valence-electron chi connectivity index (χ3n) is 5.86. The van der Waals surface area contributed by atoms with Crippen molar-refractivity contribution in [2.45, 2.75) is 47.2 Å². The number of alkyl halides is 3. The van der Waals surface area contributed by atoms with E-state index in [9.17, 15) is 26.4 Å². The van der Waals surface area contributed by atoms with E-state index in [-0.39, 0.29) is 12.4 Å². The van der Waals surface area contributed by atoms with Crippen LogP contribution in [-0.4, -0.2) is 62.9 Å². The van der Waals surface area contributed by atoms with Gasteiger partial charge in [-0.25, -0.2) is 10.9 Å². The highest BCUT2D eigenvalue weighted by molar-refractivity contribution is 8.17. The molecule has 0 radical (unpaired) electrons. The lowest BCUT2D eigenvalue weighted by Crippen LogP contribution is -2.59. The third kappa shape index (κ3) is 5.65. The first kappa shape index (κ1) is 26.7. The average Bonchev–Trinajstić information content (AvgIpc) is 2.84. The monoisotopic (exact) mass is 550 g/mol. The fourth-order valence-corrected chi connectivity index (χ4v) is 7.83. The van der Waals surface area contributed by atoms with Gasteiger partial charge in [0.05, 0.1) is 13.7 Å². The van der Waals surface area contributed by atoms with E-state index in [1.165, 1.54) is 7.11 Å². The van der Waals surface area contributed by atoms with E-state index < -0.39 is 62.3 Å². The Hall–Kier alpha value is -2.32. The third-order valence-corrected chi connectivity index (χ3v) is 9.86. The summed E-state index contributed by atoms with van der Waals surface area (Å²) in [7, 11) is -5.70. The van der Waals surface area contributed by atoms with Crippen molar-refractivity contribution < 1.29 is 49.5 Å². The highest BCUT2D eigenvalue weighted by Crippen LogP contribution is 2.52. The lowest BCUT2D eigenvalue weighted by Gasteiger charge is -2.50. The molecule has 0 spiro atoms. The molecule has 0 saturated carbocycles. The van der Waals surface area contributed by atoms with Crippen LogP contribution in [0.5, 0.6) is 5.75 Å². The van der Waals surface area contributed by atoms with Crippen molar-refractivity contribution in [1.29, 1.82) is 0 Å². The molecule has 2 aliphatic heterocycles. The number of methoxy groups -OCH3 is 1. The first-order chi connectivity index (χ1) is 17.0. The molecule has 0 N–H and O–H groups in total. The number of thiol groups is 1. The summed E-state index contributed by atoms with van der Waals surface area (Å²) in [5.74, 6) is -0.124. The van der Waals surface area contributed by atoms with Gasteiger partial charge in [0, 0.05) is 23.5 Å². The van der Waals surface area contributed by atoms with Crippen molar-refractivity contribution in [3.8, 4) is 5.75 Å². The minimum absolute atomic E-state index is 0.0701. The van der Waals surface area contributed by atoms with Gasteiger partial charge in [0.15, 0.2) is 6.29 Å². The lowest BCUT2D eigenvalue weighted by atomic mass is 10.0. The Morgan fingerprint density at radius 2 is 1.75 bits per heavy atom. The van der Waals surface area contributed by atoms with E-state index in [1.807, 2.05) is 30.3 Å². The lowest BCUT2D eigenvalue weighted by molar-refractivity contribution is -0.243. The van der Waals surface area contributed by atoms with Crippen molar-refractivity contribution in [3.05, 3.63) is 60.2 Å². The first-order valence-corrected chi connectivity index (χ1v) is 13.9. The summed E-state index contributed by atoms with van der Waals surface area (Å²) < 4.78 is 91.0. The second-order valence-corrected chi connectivity index (χ2v) is 12.3. The van der Waals surface area contributed by atoms with Crippen LogP contribution in [0.25, 0.3) is 0 Å². The van der Waals surface area contributed by atoms with Crippen LogP contribution in [0, 0.1) is 0 Å². The predicted octanol–water partition coefficient (Wildman–Crippen LogP) is 3.72. The molecule has 0 aliphatic carbocycles. The summed E-state index contributed by atoms with van der Waals surface area (Å²) >= 11 is 0. The van der Waals surface area contributed by atoms with Crippen LogP contribution < -0.4 is 4.74 Å². The Kier molecular flexibility index (Phi) is 7.86. The van der Waals surface area contributed by atoms with Gasteiger partial charge in [-0.1, -0.05) is 42.5 Å². The molecule has 2 aromatic rings. The van der Waals surface area contributed by atoms with Crippen molar-refractivity contribution in [2.75, 3.05) is 19.5 Å². The van der Waals surface area contributed by atoms with E-state index >= 15 is 0 Å². The molecule has 2 heterocycles. The van der Waals surface area contributed by atoms with Gasteiger partial charge in [-0.2, -0.15) is 21.6 Å². The summed E-state index contributed by atoms with van der Waals surface area (Å²) in [4.78, 5) is 12.7. The van der Waals surface area contributed by atoms with Crippen LogP contribution in [0.3, 0.4) is 0 Å². The number of benzene rings is 2. The molecule has 0 amide bonds. The number of hydrogen-bond acceptors (Lipinski definition) is 8. The maximum atomic E-state index is 13.3. The minimum atomic E-state index is -6.01. The number of rotatable bonds is 6.